The van der Waals surface area contributed by atoms with Crippen molar-refractivity contribution >= 4 is 40.6 Å². The van der Waals surface area contributed by atoms with Crippen molar-refractivity contribution in [2.45, 2.75) is 38.3 Å². The Kier molecular flexibility index (Phi) is 9.22. The lowest BCUT2D eigenvalue weighted by atomic mass is 10.0. The lowest BCUT2D eigenvalue weighted by Gasteiger charge is -2.32. The van der Waals surface area contributed by atoms with Crippen LogP contribution in [0.5, 0.6) is 11.5 Å². The first-order chi connectivity index (χ1) is 19.3. The summed E-state index contributed by atoms with van der Waals surface area (Å²) in [6, 6.07) is 11.2. The number of carbonyl (C=O) groups excluding carboxylic acids is 3. The van der Waals surface area contributed by atoms with Crippen molar-refractivity contribution < 1.29 is 28.6 Å². The number of ether oxygens (including phenoxy) is 3. The van der Waals surface area contributed by atoms with E-state index in [2.05, 4.69) is 9.69 Å². The molecule has 1 aliphatic rings. The smallest absolute Gasteiger partial charge is 0.273 e. The zero-order chi connectivity index (χ0) is 28.8. The number of benzene rings is 2. The van der Waals surface area contributed by atoms with Crippen molar-refractivity contribution in [3.63, 3.8) is 0 Å². The minimum atomic E-state index is -1.15. The number of aryl methyl sites for hydroxylation is 1. The number of amides is 3. The molecular weight excluding hydrogens is 534 g/mol. The lowest BCUT2D eigenvalue weighted by molar-refractivity contribution is -0.123. The molecule has 1 fully saturated rings. The van der Waals surface area contributed by atoms with Gasteiger partial charge in [-0.2, -0.15) is 4.37 Å². The van der Waals surface area contributed by atoms with Crippen LogP contribution in [0.15, 0.2) is 42.5 Å². The van der Waals surface area contributed by atoms with E-state index >= 15 is 0 Å². The quantitative estimate of drug-likeness (QED) is 0.319. The SMILES string of the molecule is CCc1ccc(N(C(=O)c2snc(C(N)=O)c2N)C(C(=O)NCC2CCCO2)c2ccc(OC)c(OC)c2)cc1. The number of hydrogen-bond donors (Lipinski definition) is 3. The van der Waals surface area contributed by atoms with Crippen LogP contribution in [-0.4, -0.2) is 55.6 Å². The van der Waals surface area contributed by atoms with Crippen LogP contribution in [0.3, 0.4) is 0 Å². The highest BCUT2D eigenvalue weighted by molar-refractivity contribution is 7.09. The Labute approximate surface area is 236 Å². The first-order valence-electron chi connectivity index (χ1n) is 12.9. The van der Waals surface area contributed by atoms with E-state index in [4.69, 9.17) is 25.7 Å². The van der Waals surface area contributed by atoms with E-state index in [0.29, 0.717) is 29.4 Å². The summed E-state index contributed by atoms with van der Waals surface area (Å²) >= 11 is 0.752. The van der Waals surface area contributed by atoms with Gasteiger partial charge in [-0.3, -0.25) is 19.3 Å². The van der Waals surface area contributed by atoms with Gasteiger partial charge in [-0.15, -0.1) is 0 Å². The van der Waals surface area contributed by atoms with Gasteiger partial charge in [0.05, 0.1) is 26.0 Å². The molecule has 1 aliphatic heterocycles. The van der Waals surface area contributed by atoms with Gasteiger partial charge >= 0.3 is 0 Å². The Morgan fingerprint density at radius 1 is 1.15 bits per heavy atom. The van der Waals surface area contributed by atoms with E-state index in [-0.39, 0.29) is 28.9 Å². The molecule has 3 amide bonds. The third-order valence-corrected chi connectivity index (χ3v) is 7.61. The Morgan fingerprint density at radius 3 is 2.45 bits per heavy atom. The second-order valence-electron chi connectivity index (χ2n) is 9.23. The fourth-order valence-electron chi connectivity index (χ4n) is 4.57. The highest BCUT2D eigenvalue weighted by atomic mass is 32.1. The molecule has 2 heterocycles. The van der Waals surface area contributed by atoms with Crippen LogP contribution >= 0.6 is 11.5 Å². The van der Waals surface area contributed by atoms with Gasteiger partial charge in [0, 0.05) is 18.8 Å². The normalized spacial score (nSPS) is 15.3. The summed E-state index contributed by atoms with van der Waals surface area (Å²) in [4.78, 5) is 41.4. The number of carbonyl (C=O) groups is 3. The summed E-state index contributed by atoms with van der Waals surface area (Å²) in [7, 11) is 3.00. The van der Waals surface area contributed by atoms with Crippen LogP contribution in [0.2, 0.25) is 0 Å². The molecule has 1 saturated heterocycles. The van der Waals surface area contributed by atoms with E-state index in [1.54, 1.807) is 30.3 Å². The molecule has 212 valence electrons. The van der Waals surface area contributed by atoms with Gasteiger partial charge in [0.25, 0.3) is 11.8 Å². The molecule has 5 N–H and O–H groups in total. The van der Waals surface area contributed by atoms with Gasteiger partial charge in [0.15, 0.2) is 17.2 Å². The molecule has 40 heavy (non-hydrogen) atoms. The van der Waals surface area contributed by atoms with Gasteiger partial charge < -0.3 is 31.0 Å². The second kappa shape index (κ2) is 12.8. The molecule has 2 atom stereocenters. The summed E-state index contributed by atoms with van der Waals surface area (Å²) < 4.78 is 20.6. The number of methoxy groups -OCH3 is 2. The highest BCUT2D eigenvalue weighted by Crippen LogP contribution is 2.37. The Morgan fingerprint density at radius 2 is 1.88 bits per heavy atom. The molecule has 0 aliphatic carbocycles. The van der Waals surface area contributed by atoms with Crippen molar-refractivity contribution in [1.29, 1.82) is 0 Å². The van der Waals surface area contributed by atoms with E-state index in [9.17, 15) is 14.4 Å². The zero-order valence-corrected chi connectivity index (χ0v) is 23.5. The average molecular weight is 568 g/mol. The van der Waals surface area contributed by atoms with Crippen molar-refractivity contribution in [2.75, 3.05) is 38.0 Å². The standard InChI is InChI=1S/C28H33N5O6S/c1-4-16-7-10-18(11-8-16)33(28(36)25-22(29)23(26(30)34)32-40-25)24(27(35)31-15-19-6-5-13-39-19)17-9-12-20(37-2)21(14-17)38-3/h7-12,14,19,24H,4-6,13,15,29H2,1-3H3,(H2,30,34)(H,31,35). The maximum absolute atomic E-state index is 14.2. The maximum atomic E-state index is 14.2. The predicted molar refractivity (Wildman–Crippen MR) is 152 cm³/mol. The monoisotopic (exact) mass is 567 g/mol. The Balaban J connectivity index is 1.85. The van der Waals surface area contributed by atoms with Crippen LogP contribution < -0.4 is 31.2 Å². The van der Waals surface area contributed by atoms with Crippen LogP contribution in [-0.2, 0) is 16.0 Å². The van der Waals surface area contributed by atoms with Crippen LogP contribution in [0.1, 0.15) is 57.1 Å². The molecule has 12 heteroatoms. The molecule has 0 saturated carbocycles. The van der Waals surface area contributed by atoms with Crippen LogP contribution in [0.4, 0.5) is 11.4 Å². The summed E-state index contributed by atoms with van der Waals surface area (Å²) in [6.45, 7) is 2.95. The predicted octanol–water partition coefficient (Wildman–Crippen LogP) is 3.09. The number of hydrogen-bond acceptors (Lipinski definition) is 9. The zero-order valence-electron chi connectivity index (χ0n) is 22.6. The largest absolute Gasteiger partial charge is 0.493 e. The molecule has 0 radical (unpaired) electrons. The Hall–Kier alpha value is -4.16. The van der Waals surface area contributed by atoms with Crippen molar-refractivity contribution in [1.82, 2.24) is 9.69 Å². The molecule has 3 aromatic rings. The Bertz CT molecular complexity index is 1370. The fourth-order valence-corrected chi connectivity index (χ4v) is 5.31. The number of nitrogen functional groups attached to an aromatic ring is 1. The topological polar surface area (TPSA) is 159 Å². The fraction of sp³-hybridized carbons (Fsp3) is 0.357. The molecule has 0 spiro atoms. The molecule has 2 unspecified atom stereocenters. The maximum Gasteiger partial charge on any atom is 0.273 e. The summed E-state index contributed by atoms with van der Waals surface area (Å²) in [5.74, 6) is -1.04. The summed E-state index contributed by atoms with van der Waals surface area (Å²) in [5.41, 5.74) is 13.2. The van der Waals surface area contributed by atoms with Crippen molar-refractivity contribution in [3.05, 3.63) is 64.2 Å². The number of primary amides is 1. The van der Waals surface area contributed by atoms with E-state index in [1.807, 2.05) is 19.1 Å². The average Bonchev–Trinajstić information content (AvgIpc) is 3.63. The highest BCUT2D eigenvalue weighted by Gasteiger charge is 2.37. The molecule has 1 aromatic heterocycles. The third-order valence-electron chi connectivity index (χ3n) is 6.75. The second-order valence-corrected chi connectivity index (χ2v) is 10.0. The number of aromatic nitrogens is 1. The molecule has 0 bridgehead atoms. The van der Waals surface area contributed by atoms with Gasteiger partial charge in [0.1, 0.15) is 10.9 Å². The van der Waals surface area contributed by atoms with E-state index < -0.39 is 23.8 Å². The number of nitrogens with two attached hydrogens (primary N) is 2. The van der Waals surface area contributed by atoms with Crippen molar-refractivity contribution in [2.24, 2.45) is 5.73 Å². The number of anilines is 2. The summed E-state index contributed by atoms with van der Waals surface area (Å²) in [5, 5.41) is 2.96. The van der Waals surface area contributed by atoms with Crippen molar-refractivity contribution in [3.8, 4) is 11.5 Å². The molecule has 11 nitrogen and oxygen atoms in total. The first kappa shape index (κ1) is 28.8. The molecule has 2 aromatic carbocycles. The third kappa shape index (κ3) is 6.02. The number of rotatable bonds is 11. The molecular formula is C28H33N5O6S. The summed E-state index contributed by atoms with van der Waals surface area (Å²) in [6.07, 6.45) is 2.42. The van der Waals surface area contributed by atoms with E-state index in [1.165, 1.54) is 19.1 Å². The van der Waals surface area contributed by atoms with Crippen LogP contribution in [0, 0.1) is 0 Å². The minimum absolute atomic E-state index is 0.00855. The van der Waals surface area contributed by atoms with Gasteiger partial charge in [-0.05, 0) is 66.2 Å². The lowest BCUT2D eigenvalue weighted by Crippen LogP contribution is -2.45. The molecule has 4 rings (SSSR count). The number of nitrogens with one attached hydrogen (secondary N) is 1. The van der Waals surface area contributed by atoms with Gasteiger partial charge in [0.2, 0.25) is 5.91 Å². The number of nitrogens with zero attached hydrogens (tertiary/aromatic N) is 2. The first-order valence-corrected chi connectivity index (χ1v) is 13.6. The van der Waals surface area contributed by atoms with Gasteiger partial charge in [-0.1, -0.05) is 25.1 Å². The van der Waals surface area contributed by atoms with Gasteiger partial charge in [-0.25, -0.2) is 0 Å². The van der Waals surface area contributed by atoms with Crippen LogP contribution in [0.25, 0.3) is 0 Å². The van der Waals surface area contributed by atoms with E-state index in [0.717, 1.165) is 36.4 Å². The minimum Gasteiger partial charge on any atom is -0.493 e.